The van der Waals surface area contributed by atoms with Crippen LogP contribution in [0.3, 0.4) is 0 Å². The molecule has 0 unspecified atom stereocenters. The maximum absolute atomic E-state index is 11.2. The lowest BCUT2D eigenvalue weighted by Gasteiger charge is -2.16. The Morgan fingerprint density at radius 3 is 2.50 bits per heavy atom. The van der Waals surface area contributed by atoms with Crippen molar-refractivity contribution < 1.29 is 13.0 Å². The van der Waals surface area contributed by atoms with Crippen molar-refractivity contribution in [1.82, 2.24) is 0 Å². The second-order valence-electron chi connectivity index (χ2n) is 5.08. The summed E-state index contributed by atoms with van der Waals surface area (Å²) in [5, 5.41) is 8.94. The van der Waals surface area contributed by atoms with Crippen molar-refractivity contribution in [3.05, 3.63) is 29.3 Å². The predicted octanol–water partition coefficient (Wildman–Crippen LogP) is 2.72. The fraction of sp³-hybridized carbons (Fsp3) is 0.462. The van der Waals surface area contributed by atoms with Crippen LogP contribution >= 0.6 is 0 Å². The molecule has 0 aliphatic rings. The number of hydrogen-bond acceptors (Lipinski definition) is 3. The molecule has 0 aliphatic heterocycles. The van der Waals surface area contributed by atoms with Gasteiger partial charge in [0.2, 0.25) is 0 Å². The van der Waals surface area contributed by atoms with Gasteiger partial charge in [0.25, 0.3) is 10.1 Å². The maximum atomic E-state index is 11.2. The van der Waals surface area contributed by atoms with Gasteiger partial charge in [0.15, 0.2) is 0 Å². The Morgan fingerprint density at radius 1 is 1.39 bits per heavy atom. The SMILES string of the molecule is Cc1ccc(S(=O)(=O)O)c(CCC(C)(C)C#N)c1. The Kier molecular flexibility index (Phi) is 4.15. The lowest BCUT2D eigenvalue weighted by molar-refractivity contribution is 0.447. The van der Waals surface area contributed by atoms with Crippen LogP contribution in [0.5, 0.6) is 0 Å². The zero-order chi connectivity index (χ0) is 14.0. The molecule has 0 atom stereocenters. The van der Waals surface area contributed by atoms with Crippen molar-refractivity contribution in [1.29, 1.82) is 5.26 Å². The van der Waals surface area contributed by atoms with E-state index in [0.717, 1.165) is 5.56 Å². The fourth-order valence-corrected chi connectivity index (χ4v) is 2.39. The molecule has 18 heavy (non-hydrogen) atoms. The molecule has 98 valence electrons. The number of nitriles is 1. The van der Waals surface area contributed by atoms with E-state index < -0.39 is 15.5 Å². The van der Waals surface area contributed by atoms with Gasteiger partial charge < -0.3 is 0 Å². The third-order valence-electron chi connectivity index (χ3n) is 2.82. The quantitative estimate of drug-likeness (QED) is 0.851. The van der Waals surface area contributed by atoms with E-state index in [-0.39, 0.29) is 4.90 Å². The fourth-order valence-electron chi connectivity index (χ4n) is 1.66. The molecule has 1 aromatic carbocycles. The maximum Gasteiger partial charge on any atom is 0.294 e. The van der Waals surface area contributed by atoms with Crippen LogP contribution in [0.1, 0.15) is 31.4 Å². The number of rotatable bonds is 4. The first-order chi connectivity index (χ1) is 8.15. The lowest BCUT2D eigenvalue weighted by Crippen LogP contribution is -2.11. The minimum absolute atomic E-state index is 0.0677. The van der Waals surface area contributed by atoms with Crippen LogP contribution < -0.4 is 0 Å². The summed E-state index contributed by atoms with van der Waals surface area (Å²) in [6, 6.07) is 6.95. The molecule has 4 nitrogen and oxygen atoms in total. The summed E-state index contributed by atoms with van der Waals surface area (Å²) in [7, 11) is -4.21. The Hall–Kier alpha value is -1.38. The Morgan fingerprint density at radius 2 is 2.00 bits per heavy atom. The van der Waals surface area contributed by atoms with Crippen LogP contribution in [0.15, 0.2) is 23.1 Å². The van der Waals surface area contributed by atoms with Crippen LogP contribution in [-0.4, -0.2) is 13.0 Å². The molecular weight excluding hydrogens is 250 g/mol. The molecule has 0 saturated carbocycles. The Labute approximate surface area is 108 Å². The Bertz CT molecular complexity index is 583. The van der Waals surface area contributed by atoms with Gasteiger partial charge in [0, 0.05) is 0 Å². The summed E-state index contributed by atoms with van der Waals surface area (Å²) in [4.78, 5) is -0.0677. The summed E-state index contributed by atoms with van der Waals surface area (Å²) < 4.78 is 31.7. The summed E-state index contributed by atoms with van der Waals surface area (Å²) in [5.74, 6) is 0. The van der Waals surface area contributed by atoms with Crippen LogP contribution in [0.25, 0.3) is 0 Å². The molecule has 0 bridgehead atoms. The van der Waals surface area contributed by atoms with Gasteiger partial charge >= 0.3 is 0 Å². The number of benzene rings is 1. The van der Waals surface area contributed by atoms with Crippen LogP contribution in [0, 0.1) is 23.7 Å². The number of nitrogens with zero attached hydrogens (tertiary/aromatic N) is 1. The second-order valence-corrected chi connectivity index (χ2v) is 6.47. The molecule has 0 amide bonds. The monoisotopic (exact) mass is 267 g/mol. The molecule has 0 fully saturated rings. The Balaban J connectivity index is 3.09. The highest BCUT2D eigenvalue weighted by Gasteiger charge is 2.20. The number of hydrogen-bond donors (Lipinski definition) is 1. The van der Waals surface area contributed by atoms with Crippen molar-refractivity contribution in [2.24, 2.45) is 5.41 Å². The van der Waals surface area contributed by atoms with Crippen molar-refractivity contribution >= 4 is 10.1 Å². The van der Waals surface area contributed by atoms with E-state index in [1.165, 1.54) is 6.07 Å². The van der Waals surface area contributed by atoms with Crippen molar-refractivity contribution in [3.8, 4) is 6.07 Å². The van der Waals surface area contributed by atoms with Crippen LogP contribution in [-0.2, 0) is 16.5 Å². The van der Waals surface area contributed by atoms with Crippen molar-refractivity contribution in [3.63, 3.8) is 0 Å². The normalized spacial score (nSPS) is 12.2. The van der Waals surface area contributed by atoms with E-state index in [4.69, 9.17) is 9.81 Å². The van der Waals surface area contributed by atoms with E-state index in [1.807, 2.05) is 6.92 Å². The molecule has 0 aliphatic carbocycles. The van der Waals surface area contributed by atoms with Crippen LogP contribution in [0.2, 0.25) is 0 Å². The minimum Gasteiger partial charge on any atom is -0.282 e. The van der Waals surface area contributed by atoms with Crippen molar-refractivity contribution in [2.45, 2.75) is 38.5 Å². The third-order valence-corrected chi connectivity index (χ3v) is 3.77. The molecule has 0 radical (unpaired) electrons. The van der Waals surface area contributed by atoms with Gasteiger partial charge in [-0.25, -0.2) is 0 Å². The molecule has 0 spiro atoms. The lowest BCUT2D eigenvalue weighted by atomic mass is 9.88. The van der Waals surface area contributed by atoms with Crippen molar-refractivity contribution in [2.75, 3.05) is 0 Å². The smallest absolute Gasteiger partial charge is 0.282 e. The van der Waals surface area contributed by atoms with Gasteiger partial charge in [-0.3, -0.25) is 4.55 Å². The number of aryl methyl sites for hydroxylation is 2. The molecule has 1 rings (SSSR count). The predicted molar refractivity (Wildman–Crippen MR) is 68.7 cm³/mol. The van der Waals surface area contributed by atoms with Gasteiger partial charge in [0.05, 0.1) is 16.4 Å². The molecular formula is C13H17NO3S. The van der Waals surface area contributed by atoms with E-state index in [1.54, 1.807) is 26.0 Å². The molecule has 0 saturated heterocycles. The topological polar surface area (TPSA) is 78.2 Å². The third kappa shape index (κ3) is 3.83. The van der Waals surface area contributed by atoms with E-state index in [2.05, 4.69) is 6.07 Å². The van der Waals surface area contributed by atoms with E-state index in [0.29, 0.717) is 18.4 Å². The molecule has 0 heterocycles. The zero-order valence-electron chi connectivity index (χ0n) is 10.8. The highest BCUT2D eigenvalue weighted by atomic mass is 32.2. The highest BCUT2D eigenvalue weighted by Crippen LogP contribution is 2.25. The highest BCUT2D eigenvalue weighted by molar-refractivity contribution is 7.85. The summed E-state index contributed by atoms with van der Waals surface area (Å²) in [6.07, 6.45) is 0.979. The molecule has 1 N–H and O–H groups in total. The summed E-state index contributed by atoms with van der Waals surface area (Å²) in [5.41, 5.74) is 0.966. The standard InChI is InChI=1S/C13H17NO3S/c1-10-4-5-12(18(15,16)17)11(8-10)6-7-13(2,3)9-14/h4-5,8H,6-7H2,1-3H3,(H,15,16,17). The minimum atomic E-state index is -4.21. The van der Waals surface area contributed by atoms with Gasteiger partial charge in [-0.2, -0.15) is 13.7 Å². The summed E-state index contributed by atoms with van der Waals surface area (Å²) in [6.45, 7) is 5.46. The van der Waals surface area contributed by atoms with Gasteiger partial charge in [-0.05, 0) is 45.2 Å². The van der Waals surface area contributed by atoms with E-state index in [9.17, 15) is 8.42 Å². The molecule has 1 aromatic rings. The first kappa shape index (κ1) is 14.7. The van der Waals surface area contributed by atoms with Gasteiger partial charge in [0.1, 0.15) is 0 Å². The first-order valence-corrected chi connectivity index (χ1v) is 7.08. The zero-order valence-corrected chi connectivity index (χ0v) is 11.6. The van der Waals surface area contributed by atoms with Gasteiger partial charge in [-0.1, -0.05) is 17.7 Å². The van der Waals surface area contributed by atoms with Crippen LogP contribution in [0.4, 0.5) is 0 Å². The molecule has 0 aromatic heterocycles. The largest absolute Gasteiger partial charge is 0.294 e. The average Bonchev–Trinajstić information content (AvgIpc) is 2.25. The first-order valence-electron chi connectivity index (χ1n) is 5.64. The molecule has 5 heteroatoms. The van der Waals surface area contributed by atoms with E-state index >= 15 is 0 Å². The van der Waals surface area contributed by atoms with Gasteiger partial charge in [-0.15, -0.1) is 0 Å². The summed E-state index contributed by atoms with van der Waals surface area (Å²) >= 11 is 0. The second kappa shape index (κ2) is 5.09. The average molecular weight is 267 g/mol.